The quantitative estimate of drug-likeness (QED) is 0.398. The van der Waals surface area contributed by atoms with Crippen molar-refractivity contribution in [2.24, 2.45) is 0 Å². The number of ether oxygens (including phenoxy) is 1. The van der Waals surface area contributed by atoms with Gasteiger partial charge in [-0.3, -0.25) is 9.59 Å². The van der Waals surface area contributed by atoms with Crippen molar-refractivity contribution in [2.45, 2.75) is 78.2 Å². The zero-order valence-corrected chi connectivity index (χ0v) is 23.0. The lowest BCUT2D eigenvalue weighted by Crippen LogP contribution is -2.56. The van der Waals surface area contributed by atoms with Gasteiger partial charge in [-0.1, -0.05) is 67.1 Å². The Hall–Kier alpha value is -3.00. The summed E-state index contributed by atoms with van der Waals surface area (Å²) in [5.74, 6) is -0.642. The van der Waals surface area contributed by atoms with Gasteiger partial charge in [0.15, 0.2) is 0 Å². The van der Waals surface area contributed by atoms with E-state index in [0.29, 0.717) is 18.5 Å². The van der Waals surface area contributed by atoms with Crippen LogP contribution in [0.3, 0.4) is 0 Å². The van der Waals surface area contributed by atoms with Crippen molar-refractivity contribution in [3.05, 3.63) is 71.3 Å². The molecule has 2 aromatic rings. The minimum Gasteiger partial charge on any atom is -0.444 e. The molecule has 0 aliphatic carbocycles. The first-order valence-electron chi connectivity index (χ1n) is 12.3. The topological polar surface area (TPSA) is 87.7 Å². The van der Waals surface area contributed by atoms with E-state index >= 15 is 0 Å². The summed E-state index contributed by atoms with van der Waals surface area (Å²) in [6.45, 7) is 11.4. The first-order chi connectivity index (χ1) is 17.0. The highest BCUT2D eigenvalue weighted by atomic mass is 32.1. The Labute approximate surface area is 220 Å². The van der Waals surface area contributed by atoms with Crippen molar-refractivity contribution in [3.8, 4) is 0 Å². The van der Waals surface area contributed by atoms with Gasteiger partial charge < -0.3 is 20.3 Å². The van der Waals surface area contributed by atoms with Crippen LogP contribution in [0, 0.1) is 6.92 Å². The Morgan fingerprint density at radius 1 is 1.06 bits per heavy atom. The zero-order valence-electron chi connectivity index (χ0n) is 22.1. The van der Waals surface area contributed by atoms with Crippen LogP contribution in [0.4, 0.5) is 4.79 Å². The standard InChI is InChI=1S/C28H39N3O4S/c1-7-20(3)31(26(33)23(18-36)30-27(34)35-28(4,5)6)24(22-15-11-12-19(2)16-22)25(32)29-17-21-13-9-8-10-14-21/h8-16,20,23-24,36H,7,17-18H2,1-6H3,(H,29,32)(H,30,34). The van der Waals surface area contributed by atoms with Gasteiger partial charge in [0.25, 0.3) is 0 Å². The van der Waals surface area contributed by atoms with E-state index in [-0.39, 0.29) is 17.7 Å². The highest BCUT2D eigenvalue weighted by Gasteiger charge is 2.38. The van der Waals surface area contributed by atoms with Crippen LogP contribution in [-0.2, 0) is 20.9 Å². The summed E-state index contributed by atoms with van der Waals surface area (Å²) in [6.07, 6.45) is -0.0919. The Kier molecular flexibility index (Phi) is 10.8. The second kappa shape index (κ2) is 13.3. The lowest BCUT2D eigenvalue weighted by atomic mass is 9.98. The van der Waals surface area contributed by atoms with E-state index < -0.39 is 29.7 Å². The van der Waals surface area contributed by atoms with Crippen LogP contribution in [0.5, 0.6) is 0 Å². The molecule has 3 amide bonds. The molecule has 0 aromatic heterocycles. The number of rotatable bonds is 10. The van der Waals surface area contributed by atoms with E-state index in [4.69, 9.17) is 4.74 Å². The summed E-state index contributed by atoms with van der Waals surface area (Å²) < 4.78 is 5.35. The summed E-state index contributed by atoms with van der Waals surface area (Å²) in [4.78, 5) is 41.6. The van der Waals surface area contributed by atoms with Crippen molar-refractivity contribution >= 4 is 30.5 Å². The summed E-state index contributed by atoms with van der Waals surface area (Å²) >= 11 is 4.33. The van der Waals surface area contributed by atoms with Gasteiger partial charge >= 0.3 is 6.09 Å². The number of nitrogens with one attached hydrogen (secondary N) is 2. The molecule has 7 nitrogen and oxygen atoms in total. The van der Waals surface area contributed by atoms with Crippen molar-refractivity contribution in [3.63, 3.8) is 0 Å². The number of carbonyl (C=O) groups is 3. The molecule has 0 saturated heterocycles. The van der Waals surface area contributed by atoms with Gasteiger partial charge in [-0.2, -0.15) is 12.6 Å². The first-order valence-corrected chi connectivity index (χ1v) is 12.9. The molecule has 0 spiro atoms. The fraction of sp³-hybridized carbons (Fsp3) is 0.464. The predicted molar refractivity (Wildman–Crippen MR) is 146 cm³/mol. The molecule has 3 atom stereocenters. The molecule has 3 unspecified atom stereocenters. The van der Waals surface area contributed by atoms with Crippen LogP contribution < -0.4 is 10.6 Å². The van der Waals surface area contributed by atoms with Crippen LogP contribution in [0.1, 0.15) is 63.8 Å². The number of hydrogen-bond acceptors (Lipinski definition) is 5. The lowest BCUT2D eigenvalue weighted by Gasteiger charge is -2.38. The number of alkyl carbamates (subject to hydrolysis) is 1. The number of aryl methyl sites for hydroxylation is 1. The molecule has 36 heavy (non-hydrogen) atoms. The number of thiol groups is 1. The van der Waals surface area contributed by atoms with Crippen LogP contribution in [0.2, 0.25) is 0 Å². The molecule has 2 aromatic carbocycles. The molecule has 196 valence electrons. The molecule has 0 aliphatic heterocycles. The van der Waals surface area contributed by atoms with Crippen molar-refractivity contribution in [2.75, 3.05) is 5.75 Å². The van der Waals surface area contributed by atoms with Gasteiger partial charge in [-0.25, -0.2) is 4.79 Å². The van der Waals surface area contributed by atoms with Gasteiger partial charge in [-0.15, -0.1) is 0 Å². The normalized spacial score (nSPS) is 13.8. The molecule has 0 heterocycles. The Morgan fingerprint density at radius 3 is 2.28 bits per heavy atom. The van der Waals surface area contributed by atoms with Crippen LogP contribution in [0.25, 0.3) is 0 Å². The summed E-state index contributed by atoms with van der Waals surface area (Å²) in [6, 6.07) is 15.0. The minimum atomic E-state index is -0.966. The maximum atomic E-state index is 13.9. The van der Waals surface area contributed by atoms with Crippen molar-refractivity contribution < 1.29 is 19.1 Å². The number of carbonyl (C=O) groups excluding carboxylic acids is 3. The van der Waals surface area contributed by atoms with E-state index in [1.54, 1.807) is 25.7 Å². The molecule has 2 N–H and O–H groups in total. The van der Waals surface area contributed by atoms with E-state index in [0.717, 1.165) is 11.1 Å². The second-order valence-corrected chi connectivity index (χ2v) is 10.3. The van der Waals surface area contributed by atoms with E-state index in [2.05, 4.69) is 23.3 Å². The molecule has 0 bridgehead atoms. The molecule has 0 fully saturated rings. The van der Waals surface area contributed by atoms with E-state index in [1.807, 2.05) is 75.4 Å². The minimum absolute atomic E-state index is 0.0528. The molecule has 2 rings (SSSR count). The fourth-order valence-electron chi connectivity index (χ4n) is 3.77. The van der Waals surface area contributed by atoms with Gasteiger partial charge in [-0.05, 0) is 52.2 Å². The average Bonchev–Trinajstić information content (AvgIpc) is 2.83. The molecule has 0 saturated carbocycles. The Balaban J connectivity index is 2.42. The third kappa shape index (κ3) is 8.59. The molecular weight excluding hydrogens is 474 g/mol. The third-order valence-electron chi connectivity index (χ3n) is 5.69. The first kappa shape index (κ1) is 29.2. The Bertz CT molecular complexity index is 1020. The largest absolute Gasteiger partial charge is 0.444 e. The summed E-state index contributed by atoms with van der Waals surface area (Å²) in [5.41, 5.74) is 1.91. The van der Waals surface area contributed by atoms with Crippen molar-refractivity contribution in [1.82, 2.24) is 15.5 Å². The highest BCUT2D eigenvalue weighted by Crippen LogP contribution is 2.27. The van der Waals surface area contributed by atoms with Crippen LogP contribution in [-0.4, -0.2) is 46.2 Å². The summed E-state index contributed by atoms with van der Waals surface area (Å²) in [7, 11) is 0. The zero-order chi connectivity index (χ0) is 26.9. The van der Waals surface area contributed by atoms with Gasteiger partial charge in [0.1, 0.15) is 17.7 Å². The van der Waals surface area contributed by atoms with Crippen LogP contribution in [0.15, 0.2) is 54.6 Å². The number of nitrogens with zero attached hydrogens (tertiary/aromatic N) is 1. The molecule has 8 heteroatoms. The van der Waals surface area contributed by atoms with Gasteiger partial charge in [0, 0.05) is 18.3 Å². The summed E-state index contributed by atoms with van der Waals surface area (Å²) in [5, 5.41) is 5.63. The monoisotopic (exact) mass is 513 g/mol. The van der Waals surface area contributed by atoms with E-state index in [1.165, 1.54) is 0 Å². The second-order valence-electron chi connectivity index (χ2n) is 9.90. The molecule has 0 aliphatic rings. The smallest absolute Gasteiger partial charge is 0.408 e. The fourth-order valence-corrected chi connectivity index (χ4v) is 4.02. The predicted octanol–water partition coefficient (Wildman–Crippen LogP) is 4.80. The maximum Gasteiger partial charge on any atom is 0.408 e. The highest BCUT2D eigenvalue weighted by molar-refractivity contribution is 7.80. The van der Waals surface area contributed by atoms with E-state index in [9.17, 15) is 14.4 Å². The maximum absolute atomic E-state index is 13.9. The number of hydrogen-bond donors (Lipinski definition) is 3. The third-order valence-corrected chi connectivity index (χ3v) is 6.05. The SMILES string of the molecule is CCC(C)N(C(=O)C(CS)NC(=O)OC(C)(C)C)C(C(=O)NCc1ccccc1)c1cccc(C)c1. The number of amides is 3. The van der Waals surface area contributed by atoms with Gasteiger partial charge in [0.05, 0.1) is 0 Å². The van der Waals surface area contributed by atoms with Gasteiger partial charge in [0.2, 0.25) is 11.8 Å². The Morgan fingerprint density at radius 2 is 1.72 bits per heavy atom. The molecular formula is C28H39N3O4S. The van der Waals surface area contributed by atoms with Crippen LogP contribution >= 0.6 is 12.6 Å². The number of benzene rings is 2. The molecule has 0 radical (unpaired) electrons. The average molecular weight is 514 g/mol. The van der Waals surface area contributed by atoms with Crippen molar-refractivity contribution in [1.29, 1.82) is 0 Å². The lowest BCUT2D eigenvalue weighted by molar-refractivity contribution is -0.144.